The minimum absolute atomic E-state index is 0.114. The van der Waals surface area contributed by atoms with Crippen molar-refractivity contribution in [3.05, 3.63) is 53.6 Å². The first-order chi connectivity index (χ1) is 12.0. The van der Waals surface area contributed by atoms with Gasteiger partial charge in [-0.3, -0.25) is 0 Å². The van der Waals surface area contributed by atoms with E-state index >= 15 is 0 Å². The predicted octanol–water partition coefficient (Wildman–Crippen LogP) is 2.67. The average Bonchev–Trinajstić information content (AvgIpc) is 2.61. The second-order valence-corrected chi connectivity index (χ2v) is 4.99. The maximum absolute atomic E-state index is 13.1. The molecule has 134 valence electrons. The van der Waals surface area contributed by atoms with E-state index in [0.717, 1.165) is 17.7 Å². The highest BCUT2D eigenvalue weighted by Crippen LogP contribution is 2.28. The van der Waals surface area contributed by atoms with E-state index in [9.17, 15) is 13.6 Å². The summed E-state index contributed by atoms with van der Waals surface area (Å²) in [7, 11) is 1.48. The van der Waals surface area contributed by atoms with Gasteiger partial charge in [0, 0.05) is 18.3 Å². The van der Waals surface area contributed by atoms with Crippen molar-refractivity contribution in [2.45, 2.75) is 6.54 Å². The third-order valence-electron chi connectivity index (χ3n) is 3.21. The molecule has 25 heavy (non-hydrogen) atoms. The molecule has 0 bridgehead atoms. The Morgan fingerprint density at radius 1 is 1.12 bits per heavy atom. The molecule has 0 saturated heterocycles. The highest BCUT2D eigenvalue weighted by molar-refractivity contribution is 5.89. The van der Waals surface area contributed by atoms with Gasteiger partial charge in [0.1, 0.15) is 6.61 Å². The van der Waals surface area contributed by atoms with Gasteiger partial charge in [-0.05, 0) is 29.8 Å². The number of rotatable bonds is 7. The summed E-state index contributed by atoms with van der Waals surface area (Å²) in [6.45, 7) is 0.216. The van der Waals surface area contributed by atoms with E-state index in [1.807, 2.05) is 0 Å². The van der Waals surface area contributed by atoms with E-state index in [2.05, 4.69) is 10.6 Å². The maximum Gasteiger partial charge on any atom is 0.319 e. The summed E-state index contributed by atoms with van der Waals surface area (Å²) < 4.78 is 36.5. The lowest BCUT2D eigenvalue weighted by Gasteiger charge is -2.12. The van der Waals surface area contributed by atoms with Gasteiger partial charge in [-0.15, -0.1) is 0 Å². The number of nitrogens with one attached hydrogen (secondary N) is 2. The quantitative estimate of drug-likeness (QED) is 0.716. The van der Waals surface area contributed by atoms with Crippen LogP contribution in [0.15, 0.2) is 36.4 Å². The summed E-state index contributed by atoms with van der Waals surface area (Å²) >= 11 is 0. The number of benzene rings is 2. The molecule has 2 aromatic rings. The first kappa shape index (κ1) is 18.5. The lowest BCUT2D eigenvalue weighted by atomic mass is 10.2. The van der Waals surface area contributed by atoms with E-state index in [1.165, 1.54) is 13.2 Å². The van der Waals surface area contributed by atoms with Crippen molar-refractivity contribution in [3.8, 4) is 11.5 Å². The molecule has 0 atom stereocenters. The number of amides is 2. The van der Waals surface area contributed by atoms with Crippen LogP contribution in [0.2, 0.25) is 0 Å². The number of halogens is 2. The van der Waals surface area contributed by atoms with Gasteiger partial charge >= 0.3 is 6.03 Å². The second-order valence-electron chi connectivity index (χ2n) is 4.99. The molecule has 6 nitrogen and oxygen atoms in total. The molecule has 0 unspecified atom stereocenters. The third kappa shape index (κ3) is 5.32. The van der Waals surface area contributed by atoms with Gasteiger partial charge in [0.25, 0.3) is 0 Å². The van der Waals surface area contributed by atoms with Crippen molar-refractivity contribution < 1.29 is 28.2 Å². The van der Waals surface area contributed by atoms with Crippen LogP contribution in [0.1, 0.15) is 5.56 Å². The lowest BCUT2D eigenvalue weighted by molar-refractivity contribution is 0.196. The smallest absolute Gasteiger partial charge is 0.319 e. The maximum atomic E-state index is 13.1. The molecule has 3 N–H and O–H groups in total. The predicted molar refractivity (Wildman–Crippen MR) is 87.8 cm³/mol. The number of hydrogen-bond acceptors (Lipinski definition) is 4. The van der Waals surface area contributed by atoms with Gasteiger partial charge in [-0.25, -0.2) is 13.6 Å². The fourth-order valence-corrected chi connectivity index (χ4v) is 2.03. The van der Waals surface area contributed by atoms with E-state index < -0.39 is 17.7 Å². The number of hydrogen-bond donors (Lipinski definition) is 3. The van der Waals surface area contributed by atoms with Crippen LogP contribution in [0, 0.1) is 11.6 Å². The zero-order valence-electron chi connectivity index (χ0n) is 13.5. The van der Waals surface area contributed by atoms with Crippen LogP contribution < -0.4 is 20.1 Å². The van der Waals surface area contributed by atoms with Crippen LogP contribution >= 0.6 is 0 Å². The molecule has 2 amide bonds. The van der Waals surface area contributed by atoms with Crippen molar-refractivity contribution in [1.82, 2.24) is 5.32 Å². The largest absolute Gasteiger partial charge is 0.493 e. The molecule has 0 heterocycles. The Morgan fingerprint density at radius 2 is 1.92 bits per heavy atom. The molecule has 0 aromatic heterocycles. The van der Waals surface area contributed by atoms with E-state index in [1.54, 1.807) is 18.2 Å². The van der Waals surface area contributed by atoms with Crippen molar-refractivity contribution in [3.63, 3.8) is 0 Å². The molecule has 0 saturated carbocycles. The summed E-state index contributed by atoms with van der Waals surface area (Å²) in [6, 6.07) is 7.60. The van der Waals surface area contributed by atoms with E-state index in [-0.39, 0.29) is 25.4 Å². The first-order valence-electron chi connectivity index (χ1n) is 7.44. The van der Waals surface area contributed by atoms with Gasteiger partial charge in [0.2, 0.25) is 0 Å². The lowest BCUT2D eigenvalue weighted by Crippen LogP contribution is -2.28. The van der Waals surface area contributed by atoms with Crippen LogP contribution in [-0.2, 0) is 6.54 Å². The Hall–Kier alpha value is -2.87. The fourth-order valence-electron chi connectivity index (χ4n) is 2.03. The molecular formula is C17H18F2N2O4. The summed E-state index contributed by atoms with van der Waals surface area (Å²) in [4.78, 5) is 11.8. The average molecular weight is 352 g/mol. The van der Waals surface area contributed by atoms with Crippen LogP contribution in [0.5, 0.6) is 11.5 Å². The Balaban J connectivity index is 1.93. The van der Waals surface area contributed by atoms with Gasteiger partial charge < -0.3 is 25.2 Å². The van der Waals surface area contributed by atoms with Crippen LogP contribution in [0.3, 0.4) is 0 Å². The normalized spacial score (nSPS) is 10.2. The van der Waals surface area contributed by atoms with E-state index in [0.29, 0.717) is 11.5 Å². The summed E-state index contributed by atoms with van der Waals surface area (Å²) in [6.07, 6.45) is 0. The van der Waals surface area contributed by atoms with Gasteiger partial charge in [0.05, 0.1) is 13.7 Å². The monoisotopic (exact) mass is 352 g/mol. The number of methoxy groups -OCH3 is 1. The van der Waals surface area contributed by atoms with Gasteiger partial charge in [-0.1, -0.05) is 6.07 Å². The number of carbonyl (C=O) groups excluding carboxylic acids is 1. The Labute approximate surface area is 143 Å². The Bertz CT molecular complexity index is 741. The number of anilines is 1. The van der Waals surface area contributed by atoms with Crippen molar-refractivity contribution >= 4 is 11.7 Å². The SMILES string of the molecule is COc1cc(CNC(=O)Nc2ccc(F)c(F)c2)ccc1OCCO. The van der Waals surface area contributed by atoms with Gasteiger partial charge in [0.15, 0.2) is 23.1 Å². The number of aliphatic hydroxyl groups excluding tert-OH is 1. The zero-order valence-corrected chi connectivity index (χ0v) is 13.5. The van der Waals surface area contributed by atoms with Gasteiger partial charge in [-0.2, -0.15) is 0 Å². The van der Waals surface area contributed by atoms with Crippen molar-refractivity contribution in [2.75, 3.05) is 25.6 Å². The highest BCUT2D eigenvalue weighted by Gasteiger charge is 2.08. The molecule has 0 fully saturated rings. The zero-order chi connectivity index (χ0) is 18.2. The first-order valence-corrected chi connectivity index (χ1v) is 7.44. The third-order valence-corrected chi connectivity index (χ3v) is 3.21. The van der Waals surface area contributed by atoms with Crippen molar-refractivity contribution in [2.24, 2.45) is 0 Å². The molecule has 0 aliphatic carbocycles. The Morgan fingerprint density at radius 3 is 2.60 bits per heavy atom. The molecule has 0 spiro atoms. The van der Waals surface area contributed by atoms with Crippen LogP contribution in [-0.4, -0.2) is 31.5 Å². The minimum atomic E-state index is -1.04. The standard InChI is InChI=1S/C17H18F2N2O4/c1-24-16-8-11(2-5-15(16)25-7-6-22)10-20-17(23)21-12-3-4-13(18)14(19)9-12/h2-5,8-9,22H,6-7,10H2,1H3,(H2,20,21,23). The molecular weight excluding hydrogens is 334 g/mol. The minimum Gasteiger partial charge on any atom is -0.493 e. The number of ether oxygens (including phenoxy) is 2. The van der Waals surface area contributed by atoms with Crippen LogP contribution in [0.25, 0.3) is 0 Å². The molecule has 0 aliphatic heterocycles. The molecule has 2 rings (SSSR count). The number of carbonyl (C=O) groups is 1. The molecule has 2 aromatic carbocycles. The summed E-state index contributed by atoms with van der Waals surface area (Å²) in [5.74, 6) is -1.08. The second kappa shape index (κ2) is 8.84. The number of urea groups is 1. The van der Waals surface area contributed by atoms with E-state index in [4.69, 9.17) is 14.6 Å². The molecule has 8 heteroatoms. The Kier molecular flexibility index (Phi) is 6.53. The van der Waals surface area contributed by atoms with Crippen molar-refractivity contribution in [1.29, 1.82) is 0 Å². The van der Waals surface area contributed by atoms with Crippen LogP contribution in [0.4, 0.5) is 19.3 Å². The number of aliphatic hydroxyl groups is 1. The summed E-state index contributed by atoms with van der Waals surface area (Å²) in [5.41, 5.74) is 0.885. The topological polar surface area (TPSA) is 79.8 Å². The fraction of sp³-hybridized carbons (Fsp3) is 0.235. The molecule has 0 aliphatic rings. The summed E-state index contributed by atoms with van der Waals surface area (Å²) in [5, 5.41) is 13.8. The highest BCUT2D eigenvalue weighted by atomic mass is 19.2. The molecule has 0 radical (unpaired) electrons.